The molecule has 3 atom stereocenters. The molecule has 1 saturated heterocycles. The third-order valence-electron chi connectivity index (χ3n) is 7.78. The Labute approximate surface area is 260 Å². The van der Waals surface area contributed by atoms with Crippen LogP contribution in [-0.4, -0.2) is 24.9 Å². The van der Waals surface area contributed by atoms with E-state index in [0.717, 1.165) is 4.47 Å². The number of esters is 1. The van der Waals surface area contributed by atoms with Gasteiger partial charge in [-0.05, 0) is 77.9 Å². The predicted octanol–water partition coefficient (Wildman–Crippen LogP) is 7.57. The van der Waals surface area contributed by atoms with Crippen molar-refractivity contribution in [1.82, 2.24) is 5.32 Å². The van der Waals surface area contributed by atoms with E-state index in [4.69, 9.17) is 32.7 Å². The van der Waals surface area contributed by atoms with Gasteiger partial charge in [-0.25, -0.2) is 4.79 Å². The van der Waals surface area contributed by atoms with E-state index < -0.39 is 23.3 Å². The van der Waals surface area contributed by atoms with Crippen LogP contribution in [0.25, 0.3) is 0 Å². The van der Waals surface area contributed by atoms with Crippen molar-refractivity contribution in [2.45, 2.75) is 23.8 Å². The lowest BCUT2D eigenvalue weighted by molar-refractivity contribution is -0.131. The molecule has 10 heteroatoms. The Bertz CT molecular complexity index is 1750. The molecule has 0 radical (unpaired) electrons. The van der Waals surface area contributed by atoms with Crippen LogP contribution in [-0.2, 0) is 19.7 Å². The summed E-state index contributed by atoms with van der Waals surface area (Å²) in [4.78, 5) is 39.7. The minimum Gasteiger partial charge on any atom is -0.465 e. The SMILES string of the molecule is COC(=O)c1ccc(Oc2ccc(Br)cc2[C@H]2CC(=O)N[C@@H](c3cccc(Cl)c3)[C@]23C(=O)Nc2cc(Cl)ccc23)cc1. The smallest absolute Gasteiger partial charge is 0.337 e. The third-order valence-corrected chi connectivity index (χ3v) is 8.75. The lowest BCUT2D eigenvalue weighted by atomic mass is 9.59. The predicted molar refractivity (Wildman–Crippen MR) is 163 cm³/mol. The number of hydrogen-bond acceptors (Lipinski definition) is 5. The number of methoxy groups -OCH3 is 1. The molecule has 2 heterocycles. The average molecular weight is 666 g/mol. The van der Waals surface area contributed by atoms with Gasteiger partial charge in [-0.2, -0.15) is 0 Å². The Morgan fingerprint density at radius 1 is 0.952 bits per heavy atom. The van der Waals surface area contributed by atoms with Crippen molar-refractivity contribution >= 4 is 62.6 Å². The molecule has 6 rings (SSSR count). The second-order valence-electron chi connectivity index (χ2n) is 10.1. The molecule has 4 aromatic carbocycles. The van der Waals surface area contributed by atoms with E-state index in [1.54, 1.807) is 60.7 Å². The summed E-state index contributed by atoms with van der Waals surface area (Å²) in [6.45, 7) is 0. The molecule has 212 valence electrons. The number of fused-ring (bicyclic) bond motifs is 2. The number of benzene rings is 4. The Kier molecular flexibility index (Phi) is 7.47. The number of halogens is 3. The van der Waals surface area contributed by atoms with Crippen LogP contribution in [0.4, 0.5) is 5.69 Å². The van der Waals surface area contributed by atoms with Gasteiger partial charge in [-0.3, -0.25) is 9.59 Å². The largest absolute Gasteiger partial charge is 0.465 e. The van der Waals surface area contributed by atoms with Crippen LogP contribution in [0.3, 0.4) is 0 Å². The van der Waals surface area contributed by atoms with Crippen molar-refractivity contribution in [1.29, 1.82) is 0 Å². The summed E-state index contributed by atoms with van der Waals surface area (Å²) in [5.74, 6) is -0.681. The van der Waals surface area contributed by atoms with E-state index in [1.807, 2.05) is 24.3 Å². The van der Waals surface area contributed by atoms with Crippen molar-refractivity contribution in [2.75, 3.05) is 12.4 Å². The summed E-state index contributed by atoms with van der Waals surface area (Å²) in [5.41, 5.74) is 1.74. The first-order chi connectivity index (χ1) is 20.2. The van der Waals surface area contributed by atoms with Gasteiger partial charge in [-0.15, -0.1) is 0 Å². The number of rotatable bonds is 5. The maximum absolute atomic E-state index is 14.3. The lowest BCUT2D eigenvalue weighted by Crippen LogP contribution is -2.56. The molecule has 0 unspecified atom stereocenters. The summed E-state index contributed by atoms with van der Waals surface area (Å²) in [5, 5.41) is 7.08. The molecule has 2 aliphatic rings. The molecular formula is C32H23BrCl2N2O5. The van der Waals surface area contributed by atoms with E-state index >= 15 is 0 Å². The van der Waals surface area contributed by atoms with Gasteiger partial charge in [0.05, 0.1) is 18.7 Å². The highest BCUT2D eigenvalue weighted by Crippen LogP contribution is 2.59. The van der Waals surface area contributed by atoms with Crippen LogP contribution in [0.5, 0.6) is 11.5 Å². The topological polar surface area (TPSA) is 93.7 Å². The maximum Gasteiger partial charge on any atom is 0.337 e. The van der Waals surface area contributed by atoms with Gasteiger partial charge in [0.1, 0.15) is 16.9 Å². The Morgan fingerprint density at radius 2 is 1.71 bits per heavy atom. The Hall–Kier alpha value is -3.85. The van der Waals surface area contributed by atoms with E-state index in [2.05, 4.69) is 26.6 Å². The summed E-state index contributed by atoms with van der Waals surface area (Å²) < 4.78 is 11.9. The van der Waals surface area contributed by atoms with Gasteiger partial charge < -0.3 is 20.1 Å². The molecule has 1 fully saturated rings. The number of hydrogen-bond donors (Lipinski definition) is 2. The molecular weight excluding hydrogens is 643 g/mol. The maximum atomic E-state index is 14.3. The zero-order valence-corrected chi connectivity index (χ0v) is 25.2. The zero-order chi connectivity index (χ0) is 29.6. The minimum atomic E-state index is -1.27. The highest BCUT2D eigenvalue weighted by molar-refractivity contribution is 9.10. The standard InChI is InChI=1S/C32H23BrCl2N2O5/c1-41-30(39)17-5-9-22(10-6-17)42-27-12-7-19(33)14-23(27)25-16-28(38)37-29(18-3-2-4-20(34)13-18)32(25)24-11-8-21(35)15-26(24)36-31(32)40/h2-15,25,29H,16H2,1H3,(H,36,40)(H,37,38)/t25-,29+,32-/m1/s1. The number of carbonyl (C=O) groups is 3. The van der Waals surface area contributed by atoms with Crippen LogP contribution in [0, 0.1) is 0 Å². The first-order valence-corrected chi connectivity index (χ1v) is 14.6. The quantitative estimate of drug-likeness (QED) is 0.215. The fourth-order valence-corrected chi connectivity index (χ4v) is 6.77. The van der Waals surface area contributed by atoms with Gasteiger partial charge >= 0.3 is 5.97 Å². The molecule has 1 spiro atoms. The normalized spacial score (nSPS) is 21.0. The summed E-state index contributed by atoms with van der Waals surface area (Å²) >= 11 is 16.3. The molecule has 0 aromatic heterocycles. The van der Waals surface area contributed by atoms with Crippen LogP contribution in [0.15, 0.2) is 89.4 Å². The molecule has 4 aromatic rings. The number of piperidine rings is 1. The number of amides is 2. The van der Waals surface area contributed by atoms with Gasteiger partial charge in [0.25, 0.3) is 0 Å². The number of nitrogens with one attached hydrogen (secondary N) is 2. The summed E-state index contributed by atoms with van der Waals surface area (Å²) in [7, 11) is 1.32. The van der Waals surface area contributed by atoms with Crippen LogP contribution in [0.2, 0.25) is 10.0 Å². The first-order valence-electron chi connectivity index (χ1n) is 13.0. The molecule has 42 heavy (non-hydrogen) atoms. The molecule has 0 aliphatic carbocycles. The second kappa shape index (κ2) is 11.1. The third kappa shape index (κ3) is 4.83. The number of ether oxygens (including phenoxy) is 2. The second-order valence-corrected chi connectivity index (χ2v) is 11.9. The monoisotopic (exact) mass is 664 g/mol. The molecule has 0 bridgehead atoms. The van der Waals surface area contributed by atoms with Gasteiger partial charge in [-0.1, -0.05) is 57.3 Å². The van der Waals surface area contributed by atoms with Gasteiger partial charge in [0.2, 0.25) is 11.8 Å². The zero-order valence-electron chi connectivity index (χ0n) is 22.1. The summed E-state index contributed by atoms with van der Waals surface area (Å²) in [6, 6.07) is 23.7. The van der Waals surface area contributed by atoms with Crippen LogP contribution in [0.1, 0.15) is 45.4 Å². The molecule has 2 N–H and O–H groups in total. The van der Waals surface area contributed by atoms with Crippen molar-refractivity contribution < 1.29 is 23.9 Å². The lowest BCUT2D eigenvalue weighted by Gasteiger charge is -2.46. The Balaban J connectivity index is 1.54. The van der Waals surface area contributed by atoms with E-state index in [-0.39, 0.29) is 18.2 Å². The highest BCUT2D eigenvalue weighted by atomic mass is 79.9. The number of anilines is 1. The van der Waals surface area contributed by atoms with Crippen molar-refractivity contribution in [2.24, 2.45) is 0 Å². The fraction of sp³-hybridized carbons (Fsp3) is 0.156. The van der Waals surface area contributed by atoms with Crippen molar-refractivity contribution in [3.8, 4) is 11.5 Å². The fourth-order valence-electron chi connectivity index (χ4n) is 6.02. The summed E-state index contributed by atoms with van der Waals surface area (Å²) in [6.07, 6.45) is 0.0145. The molecule has 2 amide bonds. The van der Waals surface area contributed by atoms with Gasteiger partial charge in [0, 0.05) is 38.1 Å². The average Bonchev–Trinajstić information content (AvgIpc) is 3.25. The van der Waals surface area contributed by atoms with E-state index in [9.17, 15) is 14.4 Å². The van der Waals surface area contributed by atoms with Crippen LogP contribution < -0.4 is 15.4 Å². The van der Waals surface area contributed by atoms with Gasteiger partial charge in [0.15, 0.2) is 0 Å². The number of carbonyl (C=O) groups excluding carboxylic acids is 3. The first kappa shape index (κ1) is 28.3. The molecule has 7 nitrogen and oxygen atoms in total. The Morgan fingerprint density at radius 3 is 2.45 bits per heavy atom. The van der Waals surface area contributed by atoms with E-state index in [0.29, 0.717) is 49.5 Å². The molecule has 0 saturated carbocycles. The van der Waals surface area contributed by atoms with Crippen LogP contribution >= 0.6 is 39.1 Å². The van der Waals surface area contributed by atoms with Crippen molar-refractivity contribution in [3.63, 3.8) is 0 Å². The minimum absolute atomic E-state index is 0.0145. The molecule has 2 aliphatic heterocycles. The van der Waals surface area contributed by atoms with Crippen molar-refractivity contribution in [3.05, 3.63) is 122 Å². The highest BCUT2D eigenvalue weighted by Gasteiger charge is 2.61. The van der Waals surface area contributed by atoms with E-state index in [1.165, 1.54) is 7.11 Å².